The van der Waals surface area contributed by atoms with Gasteiger partial charge in [-0.2, -0.15) is 13.1 Å². The molecule has 1 heterocycles. The molecule has 0 aliphatic carbocycles. The van der Waals surface area contributed by atoms with Crippen LogP contribution in [-0.2, 0) is 10.3 Å². The fraction of sp³-hybridized carbons (Fsp3) is 0.375. The third-order valence-corrected chi connectivity index (χ3v) is 2.75. The standard InChI is InChI=1S/C8H11ClN2O3S/c1-6(2)11-15(12,13)14-7-4-3-5-10-8(7)9/h3-6,11H,1-2H3. The maximum absolute atomic E-state index is 11.3. The minimum atomic E-state index is -3.83. The van der Waals surface area contributed by atoms with Crippen LogP contribution in [0, 0.1) is 0 Å². The summed E-state index contributed by atoms with van der Waals surface area (Å²) in [7, 11) is -3.83. The van der Waals surface area contributed by atoms with E-state index >= 15 is 0 Å². The number of hydrogen-bond acceptors (Lipinski definition) is 4. The molecule has 0 saturated carbocycles. The van der Waals surface area contributed by atoms with Gasteiger partial charge in [-0.05, 0) is 26.0 Å². The zero-order valence-corrected chi connectivity index (χ0v) is 9.84. The first-order valence-corrected chi connectivity index (χ1v) is 6.01. The quantitative estimate of drug-likeness (QED) is 0.820. The van der Waals surface area contributed by atoms with Crippen molar-refractivity contribution in [1.82, 2.24) is 9.71 Å². The van der Waals surface area contributed by atoms with Crippen molar-refractivity contribution < 1.29 is 12.6 Å². The first kappa shape index (κ1) is 12.2. The zero-order chi connectivity index (χ0) is 11.5. The first-order chi connectivity index (χ1) is 6.91. The third kappa shape index (κ3) is 4.03. The highest BCUT2D eigenvalue weighted by Crippen LogP contribution is 2.21. The van der Waals surface area contributed by atoms with Crippen LogP contribution in [0.15, 0.2) is 18.3 Å². The summed E-state index contributed by atoms with van der Waals surface area (Å²) in [6.45, 7) is 3.37. The van der Waals surface area contributed by atoms with E-state index in [0.29, 0.717) is 0 Å². The zero-order valence-electron chi connectivity index (χ0n) is 8.27. The molecular formula is C8H11ClN2O3S. The molecule has 0 amide bonds. The number of hydrogen-bond donors (Lipinski definition) is 1. The van der Waals surface area contributed by atoms with Crippen LogP contribution in [0.3, 0.4) is 0 Å². The lowest BCUT2D eigenvalue weighted by molar-refractivity contribution is 0.463. The third-order valence-electron chi connectivity index (χ3n) is 1.30. The number of pyridine rings is 1. The number of rotatable bonds is 4. The highest BCUT2D eigenvalue weighted by Gasteiger charge is 2.15. The van der Waals surface area contributed by atoms with Gasteiger partial charge in [0.25, 0.3) is 0 Å². The van der Waals surface area contributed by atoms with Gasteiger partial charge in [-0.3, -0.25) is 0 Å². The molecule has 0 spiro atoms. The van der Waals surface area contributed by atoms with Gasteiger partial charge in [0.1, 0.15) is 0 Å². The molecule has 0 fully saturated rings. The molecule has 1 N–H and O–H groups in total. The Hall–Kier alpha value is -0.850. The lowest BCUT2D eigenvalue weighted by Crippen LogP contribution is -2.33. The highest BCUT2D eigenvalue weighted by molar-refractivity contribution is 7.85. The van der Waals surface area contributed by atoms with Crippen LogP contribution < -0.4 is 8.91 Å². The summed E-state index contributed by atoms with van der Waals surface area (Å²) in [5.41, 5.74) is 0. The lowest BCUT2D eigenvalue weighted by Gasteiger charge is -2.10. The predicted molar refractivity (Wildman–Crippen MR) is 57.1 cm³/mol. The molecule has 15 heavy (non-hydrogen) atoms. The molecule has 0 aliphatic rings. The van der Waals surface area contributed by atoms with Crippen molar-refractivity contribution in [3.8, 4) is 5.75 Å². The van der Waals surface area contributed by atoms with E-state index in [9.17, 15) is 8.42 Å². The molecule has 0 aromatic carbocycles. The molecule has 0 unspecified atom stereocenters. The number of aromatic nitrogens is 1. The maximum atomic E-state index is 11.3. The summed E-state index contributed by atoms with van der Waals surface area (Å²) in [5, 5.41) is 0.00614. The van der Waals surface area contributed by atoms with Gasteiger partial charge >= 0.3 is 10.3 Å². The van der Waals surface area contributed by atoms with Gasteiger partial charge in [-0.25, -0.2) is 4.98 Å². The van der Waals surface area contributed by atoms with Gasteiger partial charge in [0.15, 0.2) is 10.9 Å². The van der Waals surface area contributed by atoms with E-state index in [1.165, 1.54) is 18.3 Å². The van der Waals surface area contributed by atoms with E-state index in [0.717, 1.165) is 0 Å². The average molecular weight is 251 g/mol. The summed E-state index contributed by atoms with van der Waals surface area (Å²) in [6, 6.07) is 2.71. The Kier molecular flexibility index (Phi) is 3.90. The fourth-order valence-electron chi connectivity index (χ4n) is 0.864. The topological polar surface area (TPSA) is 68.3 Å². The van der Waals surface area contributed by atoms with Crippen LogP contribution in [-0.4, -0.2) is 19.4 Å². The van der Waals surface area contributed by atoms with Crippen molar-refractivity contribution in [2.75, 3.05) is 0 Å². The van der Waals surface area contributed by atoms with E-state index in [-0.39, 0.29) is 16.9 Å². The normalized spacial score (nSPS) is 11.7. The van der Waals surface area contributed by atoms with Crippen LogP contribution >= 0.6 is 11.6 Å². The van der Waals surface area contributed by atoms with Crippen LogP contribution in [0.25, 0.3) is 0 Å². The molecule has 0 saturated heterocycles. The van der Waals surface area contributed by atoms with Gasteiger partial charge in [0.05, 0.1) is 0 Å². The molecule has 0 aliphatic heterocycles. The van der Waals surface area contributed by atoms with Gasteiger partial charge in [0, 0.05) is 12.2 Å². The van der Waals surface area contributed by atoms with Gasteiger partial charge in [0.2, 0.25) is 0 Å². The minimum absolute atomic E-state index is 0.00614. The van der Waals surface area contributed by atoms with E-state index in [4.69, 9.17) is 15.8 Å². The van der Waals surface area contributed by atoms with Crippen molar-refractivity contribution >= 4 is 21.9 Å². The van der Waals surface area contributed by atoms with Crippen LogP contribution in [0.2, 0.25) is 5.15 Å². The molecule has 1 rings (SSSR count). The minimum Gasteiger partial charge on any atom is -0.368 e. The summed E-state index contributed by atoms with van der Waals surface area (Å²) in [6.07, 6.45) is 1.44. The van der Waals surface area contributed by atoms with E-state index in [2.05, 4.69) is 9.71 Å². The summed E-state index contributed by atoms with van der Waals surface area (Å²) < 4.78 is 29.7. The Balaban J connectivity index is 2.83. The van der Waals surface area contributed by atoms with Crippen LogP contribution in [0.4, 0.5) is 0 Å². The van der Waals surface area contributed by atoms with Crippen molar-refractivity contribution in [1.29, 1.82) is 0 Å². The Labute approximate surface area is 93.7 Å². The van der Waals surface area contributed by atoms with Crippen molar-refractivity contribution in [2.45, 2.75) is 19.9 Å². The van der Waals surface area contributed by atoms with Crippen molar-refractivity contribution in [2.24, 2.45) is 0 Å². The monoisotopic (exact) mass is 250 g/mol. The SMILES string of the molecule is CC(C)NS(=O)(=O)Oc1cccnc1Cl. The number of nitrogens with zero attached hydrogens (tertiary/aromatic N) is 1. The first-order valence-electron chi connectivity index (χ1n) is 4.23. The molecular weight excluding hydrogens is 240 g/mol. The second-order valence-corrected chi connectivity index (χ2v) is 4.77. The molecule has 7 heteroatoms. The van der Waals surface area contributed by atoms with Gasteiger partial charge < -0.3 is 4.18 Å². The summed E-state index contributed by atoms with van der Waals surface area (Å²) >= 11 is 5.64. The molecule has 1 aromatic rings. The van der Waals surface area contributed by atoms with Gasteiger partial charge in [-0.1, -0.05) is 11.6 Å². The van der Waals surface area contributed by atoms with Crippen LogP contribution in [0.5, 0.6) is 5.75 Å². The van der Waals surface area contributed by atoms with E-state index in [1.54, 1.807) is 13.8 Å². The fourth-order valence-corrected chi connectivity index (χ4v) is 2.06. The molecule has 5 nitrogen and oxygen atoms in total. The van der Waals surface area contributed by atoms with Crippen molar-refractivity contribution in [3.05, 3.63) is 23.5 Å². The largest absolute Gasteiger partial charge is 0.382 e. The molecule has 0 atom stereocenters. The highest BCUT2D eigenvalue weighted by atomic mass is 35.5. The number of halogens is 1. The Morgan fingerprint density at radius 1 is 1.53 bits per heavy atom. The van der Waals surface area contributed by atoms with Crippen LogP contribution in [0.1, 0.15) is 13.8 Å². The smallest absolute Gasteiger partial charge is 0.368 e. The second-order valence-electron chi connectivity index (χ2n) is 3.10. The molecule has 0 bridgehead atoms. The average Bonchev–Trinajstić information content (AvgIpc) is 2.06. The summed E-state index contributed by atoms with van der Waals surface area (Å²) in [4.78, 5) is 3.69. The van der Waals surface area contributed by atoms with Crippen molar-refractivity contribution in [3.63, 3.8) is 0 Å². The molecule has 0 radical (unpaired) electrons. The maximum Gasteiger partial charge on any atom is 0.382 e. The molecule has 1 aromatic heterocycles. The van der Waals surface area contributed by atoms with Gasteiger partial charge in [-0.15, -0.1) is 0 Å². The Morgan fingerprint density at radius 3 is 2.73 bits per heavy atom. The second kappa shape index (κ2) is 4.78. The summed E-state index contributed by atoms with van der Waals surface area (Å²) in [5.74, 6) is 0.00677. The van der Waals surface area contributed by atoms with E-state index < -0.39 is 10.3 Å². The number of nitrogens with one attached hydrogen (secondary N) is 1. The predicted octanol–water partition coefficient (Wildman–Crippen LogP) is 1.36. The molecule has 84 valence electrons. The lowest BCUT2D eigenvalue weighted by atomic mass is 10.4. The Morgan fingerprint density at radius 2 is 2.20 bits per heavy atom. The Bertz CT molecular complexity index is 433. The van der Waals surface area contributed by atoms with E-state index in [1.807, 2.05) is 0 Å².